The lowest BCUT2D eigenvalue weighted by molar-refractivity contribution is 0.0535. The van der Waals surface area contributed by atoms with Gasteiger partial charge in [0.25, 0.3) is 0 Å². The molecule has 0 fully saturated rings. The molecule has 0 unspecified atom stereocenters. The number of aryl methyl sites for hydroxylation is 2. The molecule has 2 heterocycles. The molecule has 0 spiro atoms. The number of thiazole rings is 1. The van der Waals surface area contributed by atoms with Gasteiger partial charge in [0.05, 0.1) is 11.9 Å². The van der Waals surface area contributed by atoms with Crippen LogP contribution < -0.4 is 0 Å². The summed E-state index contributed by atoms with van der Waals surface area (Å²) in [7, 11) is 1.85. The molecule has 0 aliphatic rings. The van der Waals surface area contributed by atoms with Gasteiger partial charge in [0.1, 0.15) is 16.5 Å². The number of aromatic nitrogens is 3. The normalized spacial score (nSPS) is 10.7. The van der Waals surface area contributed by atoms with Crippen molar-refractivity contribution in [3.05, 3.63) is 23.0 Å². The quantitative estimate of drug-likeness (QED) is 0.626. The van der Waals surface area contributed by atoms with Crippen molar-refractivity contribution in [3.63, 3.8) is 0 Å². The highest BCUT2D eigenvalue weighted by Crippen LogP contribution is 2.27. The first-order chi connectivity index (χ1) is 9.11. The Kier molecular flexibility index (Phi) is 4.60. The minimum atomic E-state index is -0.292. The third-order valence-electron chi connectivity index (χ3n) is 2.45. The lowest BCUT2D eigenvalue weighted by atomic mass is 10.3. The molecule has 0 aliphatic heterocycles. The van der Waals surface area contributed by atoms with Crippen molar-refractivity contribution in [2.45, 2.75) is 6.92 Å². The molecule has 0 N–H and O–H groups in total. The first-order valence-corrected chi connectivity index (χ1v) is 7.95. The van der Waals surface area contributed by atoms with E-state index < -0.39 is 0 Å². The zero-order valence-corrected chi connectivity index (χ0v) is 12.7. The van der Waals surface area contributed by atoms with Crippen LogP contribution in [0.1, 0.15) is 15.4 Å². The Morgan fingerprint density at radius 2 is 2.37 bits per heavy atom. The first-order valence-electron chi connectivity index (χ1n) is 5.74. The second kappa shape index (κ2) is 6.21. The second-order valence-corrected chi connectivity index (χ2v) is 5.95. The Balaban J connectivity index is 2.14. The second-order valence-electron chi connectivity index (χ2n) is 3.96. The maximum atomic E-state index is 11.9. The zero-order valence-electron chi connectivity index (χ0n) is 11.0. The molecule has 2 rings (SSSR count). The van der Waals surface area contributed by atoms with Crippen molar-refractivity contribution >= 4 is 29.1 Å². The standard InChI is InChI=1S/C12H15N3O2S2/c1-8-10(12(16)17-4-5-18-3)19-11(14-8)9-6-13-15(2)7-9/h6-7H,4-5H2,1-3H3. The molecule has 102 valence electrons. The summed E-state index contributed by atoms with van der Waals surface area (Å²) in [6, 6.07) is 0. The Bertz CT molecular complexity index is 577. The number of nitrogens with zero attached hydrogens (tertiary/aromatic N) is 3. The highest BCUT2D eigenvalue weighted by molar-refractivity contribution is 7.98. The van der Waals surface area contributed by atoms with Crippen molar-refractivity contribution in [2.75, 3.05) is 18.6 Å². The van der Waals surface area contributed by atoms with E-state index in [1.165, 1.54) is 11.3 Å². The molecule has 0 amide bonds. The van der Waals surface area contributed by atoms with Crippen molar-refractivity contribution in [1.29, 1.82) is 0 Å². The molecule has 0 atom stereocenters. The van der Waals surface area contributed by atoms with Gasteiger partial charge in [0, 0.05) is 24.6 Å². The Morgan fingerprint density at radius 1 is 1.58 bits per heavy atom. The van der Waals surface area contributed by atoms with E-state index in [2.05, 4.69) is 10.1 Å². The van der Waals surface area contributed by atoms with Crippen LogP contribution in [-0.2, 0) is 11.8 Å². The monoisotopic (exact) mass is 297 g/mol. The van der Waals surface area contributed by atoms with Gasteiger partial charge in [-0.05, 0) is 13.2 Å². The van der Waals surface area contributed by atoms with Gasteiger partial charge in [-0.25, -0.2) is 9.78 Å². The fraction of sp³-hybridized carbons (Fsp3) is 0.417. The molecule has 0 aromatic carbocycles. The highest BCUT2D eigenvalue weighted by atomic mass is 32.2. The SMILES string of the molecule is CSCCOC(=O)c1sc(-c2cnn(C)c2)nc1C. The van der Waals surface area contributed by atoms with Crippen LogP contribution in [0, 0.1) is 6.92 Å². The van der Waals surface area contributed by atoms with E-state index in [4.69, 9.17) is 4.74 Å². The number of carbonyl (C=O) groups excluding carboxylic acids is 1. The van der Waals surface area contributed by atoms with Gasteiger partial charge in [-0.2, -0.15) is 16.9 Å². The number of hydrogen-bond donors (Lipinski definition) is 0. The molecule has 0 radical (unpaired) electrons. The summed E-state index contributed by atoms with van der Waals surface area (Å²) in [6.45, 7) is 2.25. The number of esters is 1. The van der Waals surface area contributed by atoms with Crippen LogP contribution in [0.5, 0.6) is 0 Å². The molecule has 5 nitrogen and oxygen atoms in total. The molecule has 0 bridgehead atoms. The zero-order chi connectivity index (χ0) is 13.8. The third kappa shape index (κ3) is 3.36. The predicted molar refractivity (Wildman–Crippen MR) is 77.7 cm³/mol. The van der Waals surface area contributed by atoms with Crippen molar-refractivity contribution in [2.24, 2.45) is 7.05 Å². The maximum absolute atomic E-state index is 11.9. The van der Waals surface area contributed by atoms with Crippen LogP contribution >= 0.6 is 23.1 Å². The minimum Gasteiger partial charge on any atom is -0.461 e. The van der Waals surface area contributed by atoms with Crippen molar-refractivity contribution in [1.82, 2.24) is 14.8 Å². The lowest BCUT2D eigenvalue weighted by Gasteiger charge is -2.01. The number of carbonyl (C=O) groups is 1. The molecule has 2 aromatic rings. The predicted octanol–water partition coefficient (Wildman–Crippen LogP) is 2.37. The van der Waals surface area contributed by atoms with Gasteiger partial charge in [-0.15, -0.1) is 11.3 Å². The van der Waals surface area contributed by atoms with E-state index in [-0.39, 0.29) is 5.97 Å². The molecule has 19 heavy (non-hydrogen) atoms. The van der Waals surface area contributed by atoms with E-state index in [1.54, 1.807) is 22.6 Å². The Morgan fingerprint density at radius 3 is 3.00 bits per heavy atom. The van der Waals surface area contributed by atoms with Crippen LogP contribution in [-0.4, -0.2) is 39.3 Å². The average Bonchev–Trinajstić information content (AvgIpc) is 2.95. The summed E-state index contributed by atoms with van der Waals surface area (Å²) in [4.78, 5) is 16.9. The Hall–Kier alpha value is -1.34. The van der Waals surface area contributed by atoms with E-state index in [9.17, 15) is 4.79 Å². The molecular weight excluding hydrogens is 282 g/mol. The highest BCUT2D eigenvalue weighted by Gasteiger charge is 2.17. The molecular formula is C12H15N3O2S2. The van der Waals surface area contributed by atoms with E-state index in [0.29, 0.717) is 17.2 Å². The third-order valence-corrected chi connectivity index (χ3v) is 4.22. The van der Waals surface area contributed by atoms with E-state index >= 15 is 0 Å². The van der Waals surface area contributed by atoms with Crippen molar-refractivity contribution in [3.8, 4) is 10.6 Å². The van der Waals surface area contributed by atoms with Gasteiger partial charge in [-0.1, -0.05) is 0 Å². The van der Waals surface area contributed by atoms with Gasteiger partial charge in [0.15, 0.2) is 0 Å². The summed E-state index contributed by atoms with van der Waals surface area (Å²) < 4.78 is 6.90. The fourth-order valence-corrected chi connectivity index (χ4v) is 2.71. The average molecular weight is 297 g/mol. The van der Waals surface area contributed by atoms with Gasteiger partial charge < -0.3 is 4.74 Å². The number of rotatable bonds is 5. The largest absolute Gasteiger partial charge is 0.461 e. The molecule has 0 aliphatic carbocycles. The fourth-order valence-electron chi connectivity index (χ4n) is 1.52. The molecule has 0 saturated heterocycles. The smallest absolute Gasteiger partial charge is 0.350 e. The summed E-state index contributed by atoms with van der Waals surface area (Å²) in [6.07, 6.45) is 5.59. The van der Waals surface area contributed by atoms with E-state index in [0.717, 1.165) is 16.3 Å². The first kappa shape index (κ1) is 14.1. The van der Waals surface area contributed by atoms with Crippen molar-refractivity contribution < 1.29 is 9.53 Å². The summed E-state index contributed by atoms with van der Waals surface area (Å²) >= 11 is 2.99. The number of ether oxygens (including phenoxy) is 1. The van der Waals surface area contributed by atoms with Crippen LogP contribution in [0.15, 0.2) is 12.4 Å². The van der Waals surface area contributed by atoms with E-state index in [1.807, 2.05) is 26.4 Å². The van der Waals surface area contributed by atoms with Gasteiger partial charge >= 0.3 is 5.97 Å². The summed E-state index contributed by atoms with van der Waals surface area (Å²) in [5, 5.41) is 4.90. The lowest BCUT2D eigenvalue weighted by Crippen LogP contribution is -2.07. The Labute approximate surface area is 120 Å². The topological polar surface area (TPSA) is 57.0 Å². The van der Waals surface area contributed by atoms with Crippen LogP contribution in [0.3, 0.4) is 0 Å². The van der Waals surface area contributed by atoms with Gasteiger partial charge in [-0.3, -0.25) is 4.68 Å². The van der Waals surface area contributed by atoms with Gasteiger partial charge in [0.2, 0.25) is 0 Å². The minimum absolute atomic E-state index is 0.292. The number of thioether (sulfide) groups is 1. The molecule has 7 heteroatoms. The van der Waals surface area contributed by atoms with Crippen LogP contribution in [0.25, 0.3) is 10.6 Å². The summed E-state index contributed by atoms with van der Waals surface area (Å²) in [5.74, 6) is 0.512. The molecule has 2 aromatic heterocycles. The van der Waals surface area contributed by atoms with Crippen LogP contribution in [0.2, 0.25) is 0 Å². The molecule has 0 saturated carbocycles. The van der Waals surface area contributed by atoms with Crippen LogP contribution in [0.4, 0.5) is 0 Å². The summed E-state index contributed by atoms with van der Waals surface area (Å²) in [5.41, 5.74) is 1.62. The maximum Gasteiger partial charge on any atom is 0.350 e. The number of hydrogen-bond acceptors (Lipinski definition) is 6.